The van der Waals surface area contributed by atoms with E-state index in [0.717, 1.165) is 49.8 Å². The number of nitrogens with zero attached hydrogens (tertiary/aromatic N) is 3. The number of hydrogen-bond donors (Lipinski definition) is 3. The zero-order valence-electron chi connectivity index (χ0n) is 21.6. The number of likely N-dealkylation sites (tertiary alicyclic amines) is 1. The molecule has 5 rings (SSSR count). The van der Waals surface area contributed by atoms with Crippen LogP contribution in [0.2, 0.25) is 0 Å². The highest BCUT2D eigenvalue weighted by atomic mass is 32.2. The molecule has 2 aromatic carbocycles. The first-order valence-electron chi connectivity index (χ1n) is 13.5. The molecule has 0 radical (unpaired) electrons. The Morgan fingerprint density at radius 2 is 1.71 bits per heavy atom. The van der Waals surface area contributed by atoms with E-state index in [1.807, 2.05) is 6.08 Å². The van der Waals surface area contributed by atoms with Gasteiger partial charge in [0.25, 0.3) is 5.91 Å². The predicted octanol–water partition coefficient (Wildman–Crippen LogP) is 3.85. The van der Waals surface area contributed by atoms with Gasteiger partial charge in [-0.3, -0.25) is 4.79 Å². The summed E-state index contributed by atoms with van der Waals surface area (Å²) in [4.78, 5) is 22.0. The van der Waals surface area contributed by atoms with Crippen LogP contribution < -0.4 is 15.0 Å². The van der Waals surface area contributed by atoms with Crippen molar-refractivity contribution in [3.63, 3.8) is 0 Å². The number of thioether (sulfide) groups is 1. The number of amidine groups is 1. The van der Waals surface area contributed by atoms with Crippen LogP contribution in [0.3, 0.4) is 0 Å². The molecule has 0 aliphatic carbocycles. The van der Waals surface area contributed by atoms with E-state index in [4.69, 9.17) is 4.74 Å². The van der Waals surface area contributed by atoms with Gasteiger partial charge in [0.05, 0.1) is 4.91 Å². The molecule has 38 heavy (non-hydrogen) atoms. The number of aromatic hydroxyl groups is 1. The van der Waals surface area contributed by atoms with Crippen molar-refractivity contribution in [2.45, 2.75) is 44.2 Å². The van der Waals surface area contributed by atoms with Crippen LogP contribution in [-0.4, -0.2) is 77.7 Å². The van der Waals surface area contributed by atoms with Gasteiger partial charge in [-0.1, -0.05) is 12.1 Å². The van der Waals surface area contributed by atoms with Crippen LogP contribution in [0, 0.1) is 0 Å². The number of hydrogen-bond acceptors (Lipinski definition) is 8. The molecule has 0 bridgehead atoms. The van der Waals surface area contributed by atoms with Gasteiger partial charge in [0.1, 0.15) is 24.2 Å². The highest BCUT2D eigenvalue weighted by Crippen LogP contribution is 2.32. The van der Waals surface area contributed by atoms with Crippen LogP contribution in [-0.2, 0) is 4.79 Å². The molecule has 0 spiro atoms. The minimum atomic E-state index is -0.602. The van der Waals surface area contributed by atoms with E-state index in [-0.39, 0.29) is 18.3 Å². The molecule has 3 aliphatic heterocycles. The summed E-state index contributed by atoms with van der Waals surface area (Å²) in [7, 11) is 0. The summed E-state index contributed by atoms with van der Waals surface area (Å²) in [5.41, 5.74) is 2.20. The second-order valence-electron chi connectivity index (χ2n) is 10.1. The van der Waals surface area contributed by atoms with Crippen molar-refractivity contribution in [2.24, 2.45) is 4.99 Å². The van der Waals surface area contributed by atoms with Gasteiger partial charge in [-0.2, -0.15) is 4.99 Å². The number of aliphatic imine (C=N–C) groups is 1. The summed E-state index contributed by atoms with van der Waals surface area (Å²) in [6.45, 7) is 4.55. The Hall–Kier alpha value is -3.01. The number of benzene rings is 2. The number of aliphatic hydroxyl groups is 1. The molecule has 3 heterocycles. The lowest BCUT2D eigenvalue weighted by atomic mass is 10.0. The van der Waals surface area contributed by atoms with Crippen molar-refractivity contribution in [1.82, 2.24) is 10.2 Å². The Bertz CT molecular complexity index is 1140. The van der Waals surface area contributed by atoms with E-state index in [1.165, 1.54) is 36.7 Å². The van der Waals surface area contributed by atoms with E-state index in [9.17, 15) is 15.0 Å². The van der Waals surface area contributed by atoms with E-state index in [2.05, 4.69) is 44.4 Å². The van der Waals surface area contributed by atoms with Crippen LogP contribution in [0.1, 0.15) is 37.7 Å². The number of phenols is 1. The monoisotopic (exact) mass is 536 g/mol. The fraction of sp³-hybridized carbons (Fsp3) is 0.448. The molecule has 1 amide bonds. The van der Waals surface area contributed by atoms with Crippen molar-refractivity contribution in [1.29, 1.82) is 0 Å². The highest BCUT2D eigenvalue weighted by Gasteiger charge is 2.27. The highest BCUT2D eigenvalue weighted by molar-refractivity contribution is 8.18. The van der Waals surface area contributed by atoms with Gasteiger partial charge in [0.15, 0.2) is 5.17 Å². The van der Waals surface area contributed by atoms with Crippen molar-refractivity contribution in [3.05, 3.63) is 59.0 Å². The maximum Gasteiger partial charge on any atom is 0.286 e. The van der Waals surface area contributed by atoms with Crippen molar-refractivity contribution in [2.75, 3.05) is 44.2 Å². The van der Waals surface area contributed by atoms with Crippen molar-refractivity contribution in [3.8, 4) is 11.5 Å². The number of ether oxygens (including phenoxy) is 1. The maximum absolute atomic E-state index is 12.4. The fourth-order valence-corrected chi connectivity index (χ4v) is 5.95. The third-order valence-electron chi connectivity index (χ3n) is 7.21. The van der Waals surface area contributed by atoms with Crippen LogP contribution >= 0.6 is 11.8 Å². The molecule has 8 nitrogen and oxygen atoms in total. The number of nitrogens with one attached hydrogen (secondary N) is 1. The SMILES string of the molecule is O=C1N=C(N2CCCCC2)S/C1=C/c1ccc(N2CCC(NC[C@H](O)COc3ccc(O)cc3)CC2)cc1. The first kappa shape index (κ1) is 26.6. The Balaban J connectivity index is 1.04. The second-order valence-corrected chi connectivity index (χ2v) is 11.1. The minimum absolute atomic E-state index is 0.133. The van der Waals surface area contributed by atoms with Gasteiger partial charge in [0, 0.05) is 44.5 Å². The summed E-state index contributed by atoms with van der Waals surface area (Å²) < 4.78 is 5.59. The lowest BCUT2D eigenvalue weighted by molar-refractivity contribution is -0.113. The molecule has 202 valence electrons. The zero-order valence-corrected chi connectivity index (χ0v) is 22.4. The van der Waals surface area contributed by atoms with Gasteiger partial charge < -0.3 is 30.1 Å². The minimum Gasteiger partial charge on any atom is -0.508 e. The van der Waals surface area contributed by atoms with E-state index >= 15 is 0 Å². The van der Waals surface area contributed by atoms with Gasteiger partial charge in [-0.05, 0) is 91.9 Å². The summed E-state index contributed by atoms with van der Waals surface area (Å²) in [5, 5.41) is 23.9. The lowest BCUT2D eigenvalue weighted by Gasteiger charge is -2.34. The Kier molecular flexibility index (Phi) is 8.88. The molecule has 9 heteroatoms. The standard InChI is InChI=1S/C29H36N4O4S/c34-24-8-10-26(11-9-24)37-20-25(35)19-30-22-12-16-32(17-13-22)23-6-4-21(5-7-23)18-27-28(36)31-29(38-27)33-14-2-1-3-15-33/h4-11,18,22,25,30,34-35H,1-3,12-17,19-20H2/b27-18+/t25-/m0/s1. The maximum atomic E-state index is 12.4. The van der Waals surface area contributed by atoms with Gasteiger partial charge in [0.2, 0.25) is 0 Å². The molecule has 0 aromatic heterocycles. The molecule has 0 unspecified atom stereocenters. The Morgan fingerprint density at radius 3 is 2.42 bits per heavy atom. The van der Waals surface area contributed by atoms with E-state index < -0.39 is 6.10 Å². The van der Waals surface area contributed by atoms with Crippen molar-refractivity contribution < 1.29 is 19.7 Å². The number of carbonyl (C=O) groups excluding carboxylic acids is 1. The third kappa shape index (κ3) is 7.09. The molecule has 1 atom stereocenters. The smallest absolute Gasteiger partial charge is 0.286 e. The topological polar surface area (TPSA) is 97.6 Å². The summed E-state index contributed by atoms with van der Waals surface area (Å²) in [5.74, 6) is 0.684. The van der Waals surface area contributed by atoms with Gasteiger partial charge in [-0.15, -0.1) is 0 Å². The molecule has 3 N–H and O–H groups in total. The van der Waals surface area contributed by atoms with Crippen molar-refractivity contribution >= 4 is 34.6 Å². The Labute approximate surface area is 228 Å². The molecular formula is C29H36N4O4S. The largest absolute Gasteiger partial charge is 0.508 e. The second kappa shape index (κ2) is 12.7. The Morgan fingerprint density at radius 1 is 1.00 bits per heavy atom. The molecule has 0 saturated carbocycles. The number of phenolic OH excluding ortho intramolecular Hbond substituents is 1. The number of carbonyl (C=O) groups is 1. The lowest BCUT2D eigenvalue weighted by Crippen LogP contribution is -2.45. The molecular weight excluding hydrogens is 500 g/mol. The molecule has 2 aromatic rings. The van der Waals surface area contributed by atoms with Crippen LogP contribution in [0.25, 0.3) is 6.08 Å². The molecule has 2 fully saturated rings. The van der Waals surface area contributed by atoms with E-state index in [1.54, 1.807) is 24.3 Å². The average Bonchev–Trinajstić information content (AvgIpc) is 3.32. The van der Waals surface area contributed by atoms with Crippen LogP contribution in [0.5, 0.6) is 11.5 Å². The van der Waals surface area contributed by atoms with Gasteiger partial charge >= 0.3 is 0 Å². The van der Waals surface area contributed by atoms with Crippen LogP contribution in [0.4, 0.5) is 5.69 Å². The quantitative estimate of drug-likeness (QED) is 0.438. The molecule has 2 saturated heterocycles. The number of amides is 1. The first-order chi connectivity index (χ1) is 18.5. The predicted molar refractivity (Wildman–Crippen MR) is 153 cm³/mol. The summed E-state index contributed by atoms with van der Waals surface area (Å²) in [6.07, 6.45) is 6.94. The number of piperidine rings is 2. The average molecular weight is 537 g/mol. The normalized spacial score (nSPS) is 20.6. The third-order valence-corrected chi connectivity index (χ3v) is 8.25. The number of anilines is 1. The number of aliphatic hydroxyl groups excluding tert-OH is 1. The first-order valence-corrected chi connectivity index (χ1v) is 14.3. The van der Waals surface area contributed by atoms with E-state index in [0.29, 0.717) is 23.2 Å². The molecule has 3 aliphatic rings. The van der Waals surface area contributed by atoms with Gasteiger partial charge in [-0.25, -0.2) is 0 Å². The van der Waals surface area contributed by atoms with Crippen LogP contribution in [0.15, 0.2) is 58.4 Å². The summed E-state index contributed by atoms with van der Waals surface area (Å²) >= 11 is 1.50. The number of rotatable bonds is 8. The zero-order chi connectivity index (χ0) is 26.3. The fourth-order valence-electron chi connectivity index (χ4n) is 4.99. The summed E-state index contributed by atoms with van der Waals surface area (Å²) in [6, 6.07) is 15.3.